The number of hydrogen-bond donors (Lipinski definition) is 1. The highest BCUT2D eigenvalue weighted by molar-refractivity contribution is 5.88. The van der Waals surface area contributed by atoms with Crippen LogP contribution in [0.25, 0.3) is 0 Å². The number of nitrogens with one attached hydrogen (secondary N) is 1. The molecule has 0 spiro atoms. The molecule has 0 bridgehead atoms. The zero-order valence-electron chi connectivity index (χ0n) is 13.8. The predicted octanol–water partition coefficient (Wildman–Crippen LogP) is 2.52. The fourth-order valence-electron chi connectivity index (χ4n) is 2.84. The van der Waals surface area contributed by atoms with E-state index < -0.39 is 6.04 Å². The third-order valence-corrected chi connectivity index (χ3v) is 4.19. The Morgan fingerprint density at radius 2 is 1.74 bits per heavy atom. The fourth-order valence-corrected chi connectivity index (χ4v) is 2.84. The lowest BCUT2D eigenvalue weighted by Gasteiger charge is -2.32. The molecule has 1 heterocycles. The average molecular weight is 320 g/mol. The monoisotopic (exact) mass is 320 g/mol. The van der Waals surface area contributed by atoms with Gasteiger partial charge in [-0.2, -0.15) is 0 Å². The molecule has 0 aromatic heterocycles. The van der Waals surface area contributed by atoms with Crippen molar-refractivity contribution in [2.75, 3.05) is 13.1 Å². The number of amides is 2. The molecule has 2 rings (SSSR count). The maximum absolute atomic E-state index is 12.9. The standard InChI is InChI=1S/C18H25FN2O2/c1-13(2)17(18(23)21-10-4-3-5-11-21)20-16(22)12-14-6-8-15(19)9-7-14/h6-9,13,17H,3-5,10-12H2,1-2H3,(H,20,22)/t17-/m0/s1. The molecule has 1 atom stereocenters. The number of nitrogens with zero attached hydrogens (tertiary/aromatic N) is 1. The first-order chi connectivity index (χ1) is 11.0. The van der Waals surface area contributed by atoms with Crippen LogP contribution in [0.5, 0.6) is 0 Å². The predicted molar refractivity (Wildman–Crippen MR) is 87.3 cm³/mol. The summed E-state index contributed by atoms with van der Waals surface area (Å²) >= 11 is 0. The zero-order chi connectivity index (χ0) is 16.8. The van der Waals surface area contributed by atoms with Crippen LogP contribution in [0.2, 0.25) is 0 Å². The number of hydrogen-bond acceptors (Lipinski definition) is 2. The molecular formula is C18H25FN2O2. The number of carbonyl (C=O) groups is 2. The molecule has 1 aliphatic rings. The summed E-state index contributed by atoms with van der Waals surface area (Å²) < 4.78 is 12.9. The molecule has 0 saturated carbocycles. The Morgan fingerprint density at radius 1 is 1.13 bits per heavy atom. The van der Waals surface area contributed by atoms with E-state index in [9.17, 15) is 14.0 Å². The van der Waals surface area contributed by atoms with Gasteiger partial charge in [0.2, 0.25) is 11.8 Å². The maximum Gasteiger partial charge on any atom is 0.245 e. The molecular weight excluding hydrogens is 295 g/mol. The van der Waals surface area contributed by atoms with Gasteiger partial charge in [0.1, 0.15) is 11.9 Å². The fraction of sp³-hybridized carbons (Fsp3) is 0.556. The van der Waals surface area contributed by atoms with Crippen molar-refractivity contribution in [3.8, 4) is 0 Å². The van der Waals surface area contributed by atoms with Crippen LogP contribution in [0.4, 0.5) is 4.39 Å². The molecule has 1 saturated heterocycles. The lowest BCUT2D eigenvalue weighted by atomic mass is 10.0. The zero-order valence-corrected chi connectivity index (χ0v) is 13.8. The van der Waals surface area contributed by atoms with E-state index in [-0.39, 0.29) is 30.0 Å². The van der Waals surface area contributed by atoms with Crippen molar-refractivity contribution in [3.05, 3.63) is 35.6 Å². The van der Waals surface area contributed by atoms with E-state index in [0.717, 1.165) is 37.9 Å². The lowest BCUT2D eigenvalue weighted by molar-refractivity contribution is -0.138. The van der Waals surface area contributed by atoms with Crippen molar-refractivity contribution in [1.29, 1.82) is 0 Å². The normalized spacial score (nSPS) is 16.3. The second-order valence-corrected chi connectivity index (χ2v) is 6.48. The van der Waals surface area contributed by atoms with Crippen molar-refractivity contribution < 1.29 is 14.0 Å². The van der Waals surface area contributed by atoms with Gasteiger partial charge in [-0.3, -0.25) is 9.59 Å². The molecule has 23 heavy (non-hydrogen) atoms. The van der Waals surface area contributed by atoms with Crippen LogP contribution in [-0.2, 0) is 16.0 Å². The van der Waals surface area contributed by atoms with E-state index in [4.69, 9.17) is 0 Å². The highest BCUT2D eigenvalue weighted by Gasteiger charge is 2.29. The molecule has 1 aliphatic heterocycles. The summed E-state index contributed by atoms with van der Waals surface area (Å²) in [7, 11) is 0. The highest BCUT2D eigenvalue weighted by Crippen LogP contribution is 2.14. The van der Waals surface area contributed by atoms with E-state index >= 15 is 0 Å². The third-order valence-electron chi connectivity index (χ3n) is 4.19. The molecule has 1 aromatic carbocycles. The van der Waals surface area contributed by atoms with Gasteiger partial charge in [-0.15, -0.1) is 0 Å². The Hall–Kier alpha value is -1.91. The van der Waals surface area contributed by atoms with E-state index in [1.165, 1.54) is 12.1 Å². The van der Waals surface area contributed by atoms with Crippen molar-refractivity contribution in [2.45, 2.75) is 45.6 Å². The van der Waals surface area contributed by atoms with Crippen molar-refractivity contribution in [1.82, 2.24) is 10.2 Å². The molecule has 1 N–H and O–H groups in total. The Bertz CT molecular complexity index is 536. The molecule has 2 amide bonds. The third kappa shape index (κ3) is 5.05. The average Bonchev–Trinajstić information content (AvgIpc) is 2.55. The summed E-state index contributed by atoms with van der Waals surface area (Å²) in [6.07, 6.45) is 3.37. The quantitative estimate of drug-likeness (QED) is 0.906. The molecule has 5 heteroatoms. The Morgan fingerprint density at radius 3 is 2.30 bits per heavy atom. The smallest absolute Gasteiger partial charge is 0.245 e. The van der Waals surface area contributed by atoms with Gasteiger partial charge in [0, 0.05) is 13.1 Å². The Kier molecular flexibility index (Phi) is 6.13. The first-order valence-electron chi connectivity index (χ1n) is 8.30. The van der Waals surface area contributed by atoms with Gasteiger partial charge >= 0.3 is 0 Å². The molecule has 126 valence electrons. The summed E-state index contributed by atoms with van der Waals surface area (Å²) in [4.78, 5) is 26.7. The van der Waals surface area contributed by atoms with Crippen LogP contribution in [0.3, 0.4) is 0 Å². The van der Waals surface area contributed by atoms with Gasteiger partial charge in [0.15, 0.2) is 0 Å². The summed E-state index contributed by atoms with van der Waals surface area (Å²) in [6, 6.07) is 5.35. The van der Waals surface area contributed by atoms with Crippen LogP contribution >= 0.6 is 0 Å². The molecule has 1 fully saturated rings. The van der Waals surface area contributed by atoms with Gasteiger partial charge in [0.25, 0.3) is 0 Å². The van der Waals surface area contributed by atoms with Gasteiger partial charge in [-0.25, -0.2) is 4.39 Å². The highest BCUT2D eigenvalue weighted by atomic mass is 19.1. The summed E-state index contributed by atoms with van der Waals surface area (Å²) in [6.45, 7) is 5.42. The van der Waals surface area contributed by atoms with Crippen LogP contribution in [0.1, 0.15) is 38.7 Å². The SMILES string of the molecule is CC(C)[C@H](NC(=O)Cc1ccc(F)cc1)C(=O)N1CCCCC1. The number of piperidine rings is 1. The topological polar surface area (TPSA) is 49.4 Å². The largest absolute Gasteiger partial charge is 0.344 e. The van der Waals surface area contributed by atoms with Gasteiger partial charge < -0.3 is 10.2 Å². The summed E-state index contributed by atoms with van der Waals surface area (Å²) in [5.41, 5.74) is 0.733. The first kappa shape index (κ1) is 17.4. The van der Waals surface area contributed by atoms with Crippen LogP contribution < -0.4 is 5.32 Å². The van der Waals surface area contributed by atoms with Crippen molar-refractivity contribution in [3.63, 3.8) is 0 Å². The molecule has 1 aromatic rings. The first-order valence-corrected chi connectivity index (χ1v) is 8.30. The van der Waals surface area contributed by atoms with Crippen LogP contribution in [0.15, 0.2) is 24.3 Å². The van der Waals surface area contributed by atoms with Crippen molar-refractivity contribution in [2.24, 2.45) is 5.92 Å². The minimum atomic E-state index is -0.499. The molecule has 0 radical (unpaired) electrons. The number of benzene rings is 1. The second-order valence-electron chi connectivity index (χ2n) is 6.48. The van der Waals surface area contributed by atoms with E-state index in [0.29, 0.717) is 0 Å². The van der Waals surface area contributed by atoms with Gasteiger partial charge in [-0.1, -0.05) is 26.0 Å². The van der Waals surface area contributed by atoms with Gasteiger partial charge in [0.05, 0.1) is 6.42 Å². The number of likely N-dealkylation sites (tertiary alicyclic amines) is 1. The second kappa shape index (κ2) is 8.09. The van der Waals surface area contributed by atoms with Crippen molar-refractivity contribution >= 4 is 11.8 Å². The number of rotatable bonds is 5. The summed E-state index contributed by atoms with van der Waals surface area (Å²) in [5, 5.41) is 2.85. The van der Waals surface area contributed by atoms with E-state index in [1.807, 2.05) is 18.7 Å². The lowest BCUT2D eigenvalue weighted by Crippen LogP contribution is -2.52. The molecule has 0 aliphatic carbocycles. The molecule has 0 unspecified atom stereocenters. The minimum Gasteiger partial charge on any atom is -0.344 e. The Balaban J connectivity index is 1.96. The minimum absolute atomic E-state index is 0.00663. The summed E-state index contributed by atoms with van der Waals surface area (Å²) in [5.74, 6) is -0.496. The number of carbonyl (C=O) groups excluding carboxylic acids is 2. The molecule has 4 nitrogen and oxygen atoms in total. The van der Waals surface area contributed by atoms with E-state index in [2.05, 4.69) is 5.32 Å². The number of halogens is 1. The van der Waals surface area contributed by atoms with E-state index in [1.54, 1.807) is 12.1 Å². The maximum atomic E-state index is 12.9. The van der Waals surface area contributed by atoms with Crippen LogP contribution in [-0.4, -0.2) is 35.8 Å². The van der Waals surface area contributed by atoms with Gasteiger partial charge in [-0.05, 0) is 42.9 Å². The van der Waals surface area contributed by atoms with Crippen LogP contribution in [0, 0.1) is 11.7 Å². The Labute approximate surface area is 137 Å².